The number of piperidine rings is 1. The van der Waals surface area contributed by atoms with Crippen LogP contribution in [0.5, 0.6) is 0 Å². The zero-order chi connectivity index (χ0) is 20.8. The first kappa shape index (κ1) is 21.0. The number of hydrogen-bond acceptors (Lipinski definition) is 4. The van der Waals surface area contributed by atoms with Crippen LogP contribution in [0, 0.1) is 5.92 Å². The average Bonchev–Trinajstić information content (AvgIpc) is 3.22. The van der Waals surface area contributed by atoms with Crippen molar-refractivity contribution in [3.05, 3.63) is 65.5 Å². The van der Waals surface area contributed by atoms with Crippen molar-refractivity contribution in [2.45, 2.75) is 38.1 Å². The van der Waals surface area contributed by atoms with Gasteiger partial charge in [-0.15, -0.1) is 0 Å². The summed E-state index contributed by atoms with van der Waals surface area (Å²) in [6.07, 6.45) is 8.67. The second-order valence-electron chi connectivity index (χ2n) is 8.70. The SMILES string of the molecule is COCCN(C[C@H]1CCCN(C2Cc3ccccc3C2)C1)C(=O)Cc1cccnc1. The summed E-state index contributed by atoms with van der Waals surface area (Å²) in [5.74, 6) is 0.697. The Labute approximate surface area is 180 Å². The number of pyridine rings is 1. The van der Waals surface area contributed by atoms with E-state index < -0.39 is 0 Å². The lowest BCUT2D eigenvalue weighted by Gasteiger charge is -2.38. The average molecular weight is 408 g/mol. The van der Waals surface area contributed by atoms with E-state index in [4.69, 9.17) is 4.74 Å². The van der Waals surface area contributed by atoms with Crippen molar-refractivity contribution in [3.8, 4) is 0 Å². The summed E-state index contributed by atoms with van der Waals surface area (Å²) in [7, 11) is 1.70. The van der Waals surface area contributed by atoms with Crippen LogP contribution in [0.2, 0.25) is 0 Å². The van der Waals surface area contributed by atoms with Crippen molar-refractivity contribution in [2.24, 2.45) is 5.92 Å². The Balaban J connectivity index is 1.36. The predicted molar refractivity (Wildman–Crippen MR) is 118 cm³/mol. The highest BCUT2D eigenvalue weighted by Crippen LogP contribution is 2.29. The second kappa shape index (κ2) is 10.2. The second-order valence-corrected chi connectivity index (χ2v) is 8.70. The summed E-state index contributed by atoms with van der Waals surface area (Å²) in [4.78, 5) is 21.8. The monoisotopic (exact) mass is 407 g/mol. The van der Waals surface area contributed by atoms with E-state index in [1.807, 2.05) is 17.0 Å². The number of amides is 1. The maximum absolute atomic E-state index is 13.0. The van der Waals surface area contributed by atoms with Crippen molar-refractivity contribution < 1.29 is 9.53 Å². The molecule has 0 unspecified atom stereocenters. The van der Waals surface area contributed by atoms with Crippen LogP contribution in [0.3, 0.4) is 0 Å². The molecule has 1 aliphatic carbocycles. The summed E-state index contributed by atoms with van der Waals surface area (Å²) in [6, 6.07) is 13.3. The molecular formula is C25H33N3O2. The van der Waals surface area contributed by atoms with Gasteiger partial charge in [0.05, 0.1) is 13.0 Å². The van der Waals surface area contributed by atoms with Gasteiger partial charge in [-0.3, -0.25) is 14.7 Å². The standard InChI is InChI=1S/C25H33N3O2/c1-30-13-12-28(25(29)14-20-6-4-10-26-17-20)19-21-7-5-11-27(18-21)24-15-22-8-2-3-9-23(22)16-24/h2-4,6,8-10,17,21,24H,5,7,11-16,18-19H2,1H3/t21-/m0/s1. The molecule has 0 radical (unpaired) electrons. The molecule has 0 N–H and O–H groups in total. The normalized spacial score (nSPS) is 19.6. The Morgan fingerprint density at radius 3 is 2.70 bits per heavy atom. The zero-order valence-corrected chi connectivity index (χ0v) is 18.0. The molecule has 0 saturated carbocycles. The van der Waals surface area contributed by atoms with Crippen LogP contribution in [-0.2, 0) is 28.8 Å². The molecule has 1 aromatic heterocycles. The molecule has 2 aliphatic rings. The van der Waals surface area contributed by atoms with Gasteiger partial charge in [-0.1, -0.05) is 30.3 Å². The minimum absolute atomic E-state index is 0.172. The first-order chi connectivity index (χ1) is 14.7. The van der Waals surface area contributed by atoms with E-state index in [0.29, 0.717) is 31.5 Å². The lowest BCUT2D eigenvalue weighted by molar-refractivity contribution is -0.132. The van der Waals surface area contributed by atoms with Crippen LogP contribution in [-0.4, -0.2) is 66.6 Å². The minimum Gasteiger partial charge on any atom is -0.383 e. The molecular weight excluding hydrogens is 374 g/mol. The molecule has 30 heavy (non-hydrogen) atoms. The predicted octanol–water partition coefficient (Wildman–Crippen LogP) is 2.98. The highest BCUT2D eigenvalue weighted by Gasteiger charge is 2.31. The molecule has 2 aromatic rings. The van der Waals surface area contributed by atoms with E-state index in [-0.39, 0.29) is 5.91 Å². The molecule has 160 valence electrons. The van der Waals surface area contributed by atoms with Gasteiger partial charge in [0.15, 0.2) is 0 Å². The zero-order valence-electron chi connectivity index (χ0n) is 18.0. The van der Waals surface area contributed by atoms with Gasteiger partial charge in [0, 0.05) is 45.2 Å². The molecule has 1 aliphatic heterocycles. The molecule has 2 heterocycles. The Hall–Kier alpha value is -2.24. The summed E-state index contributed by atoms with van der Waals surface area (Å²) in [6.45, 7) is 4.31. The Bertz CT molecular complexity index is 801. The van der Waals surface area contributed by atoms with Crippen LogP contribution < -0.4 is 0 Å². The Morgan fingerprint density at radius 2 is 2.00 bits per heavy atom. The van der Waals surface area contributed by atoms with Crippen LogP contribution in [0.1, 0.15) is 29.5 Å². The first-order valence-corrected chi connectivity index (χ1v) is 11.2. The fourth-order valence-corrected chi connectivity index (χ4v) is 4.99. The van der Waals surface area contributed by atoms with Gasteiger partial charge in [-0.2, -0.15) is 0 Å². The number of carbonyl (C=O) groups is 1. The quantitative estimate of drug-likeness (QED) is 0.675. The van der Waals surface area contributed by atoms with Crippen molar-refractivity contribution in [3.63, 3.8) is 0 Å². The van der Waals surface area contributed by atoms with Crippen LogP contribution >= 0.6 is 0 Å². The first-order valence-electron chi connectivity index (χ1n) is 11.2. The molecule has 5 nitrogen and oxygen atoms in total. The van der Waals surface area contributed by atoms with E-state index in [0.717, 1.165) is 31.5 Å². The molecule has 1 amide bonds. The van der Waals surface area contributed by atoms with Gasteiger partial charge < -0.3 is 9.64 Å². The number of likely N-dealkylation sites (tertiary alicyclic amines) is 1. The summed E-state index contributed by atoms with van der Waals surface area (Å²) < 4.78 is 5.28. The van der Waals surface area contributed by atoms with Gasteiger partial charge in [-0.25, -0.2) is 0 Å². The molecule has 5 heteroatoms. The number of rotatable bonds is 8. The molecule has 1 aromatic carbocycles. The number of aromatic nitrogens is 1. The molecule has 1 fully saturated rings. The molecule has 4 rings (SSSR count). The van der Waals surface area contributed by atoms with E-state index >= 15 is 0 Å². The third-order valence-corrected chi connectivity index (χ3v) is 6.57. The Morgan fingerprint density at radius 1 is 1.20 bits per heavy atom. The maximum atomic E-state index is 13.0. The van der Waals surface area contributed by atoms with Crippen molar-refractivity contribution >= 4 is 5.91 Å². The highest BCUT2D eigenvalue weighted by molar-refractivity contribution is 5.78. The number of nitrogens with zero attached hydrogens (tertiary/aromatic N) is 3. The smallest absolute Gasteiger partial charge is 0.227 e. The summed E-state index contributed by atoms with van der Waals surface area (Å²) in [5.41, 5.74) is 4.00. The fraction of sp³-hybridized carbons (Fsp3) is 0.520. The lowest BCUT2D eigenvalue weighted by atomic mass is 9.95. The number of fused-ring (bicyclic) bond motifs is 1. The maximum Gasteiger partial charge on any atom is 0.227 e. The number of ether oxygens (including phenoxy) is 1. The van der Waals surface area contributed by atoms with Crippen molar-refractivity contribution in [1.82, 2.24) is 14.8 Å². The number of carbonyl (C=O) groups excluding carboxylic acids is 1. The van der Waals surface area contributed by atoms with Gasteiger partial charge in [-0.05, 0) is 60.9 Å². The van der Waals surface area contributed by atoms with Crippen LogP contribution in [0.4, 0.5) is 0 Å². The van der Waals surface area contributed by atoms with Crippen LogP contribution in [0.25, 0.3) is 0 Å². The topological polar surface area (TPSA) is 45.7 Å². The van der Waals surface area contributed by atoms with Crippen molar-refractivity contribution in [2.75, 3.05) is 39.9 Å². The molecule has 1 saturated heterocycles. The van der Waals surface area contributed by atoms with Gasteiger partial charge in [0.25, 0.3) is 0 Å². The summed E-state index contributed by atoms with van der Waals surface area (Å²) in [5, 5.41) is 0. The Kier molecular flexibility index (Phi) is 7.13. The molecule has 0 bridgehead atoms. The van der Waals surface area contributed by atoms with Gasteiger partial charge in [0.2, 0.25) is 5.91 Å². The van der Waals surface area contributed by atoms with Crippen LogP contribution in [0.15, 0.2) is 48.8 Å². The van der Waals surface area contributed by atoms with E-state index in [2.05, 4.69) is 34.1 Å². The van der Waals surface area contributed by atoms with Crippen molar-refractivity contribution in [1.29, 1.82) is 0 Å². The van der Waals surface area contributed by atoms with E-state index in [1.54, 1.807) is 19.5 Å². The number of benzene rings is 1. The van der Waals surface area contributed by atoms with E-state index in [1.165, 1.54) is 30.5 Å². The highest BCUT2D eigenvalue weighted by atomic mass is 16.5. The fourth-order valence-electron chi connectivity index (χ4n) is 4.99. The third-order valence-electron chi connectivity index (χ3n) is 6.57. The number of methoxy groups -OCH3 is 1. The third kappa shape index (κ3) is 5.27. The minimum atomic E-state index is 0.172. The summed E-state index contributed by atoms with van der Waals surface area (Å²) >= 11 is 0. The van der Waals surface area contributed by atoms with Gasteiger partial charge >= 0.3 is 0 Å². The lowest BCUT2D eigenvalue weighted by Crippen LogP contribution is -2.47. The number of hydrogen-bond donors (Lipinski definition) is 0. The van der Waals surface area contributed by atoms with E-state index in [9.17, 15) is 4.79 Å². The largest absolute Gasteiger partial charge is 0.383 e. The van der Waals surface area contributed by atoms with Gasteiger partial charge in [0.1, 0.15) is 0 Å². The molecule has 1 atom stereocenters. The molecule has 0 spiro atoms.